The van der Waals surface area contributed by atoms with Gasteiger partial charge in [0.2, 0.25) is 0 Å². The summed E-state index contributed by atoms with van der Waals surface area (Å²) in [6, 6.07) is 8.29. The van der Waals surface area contributed by atoms with Gasteiger partial charge in [-0.3, -0.25) is 9.69 Å². The first-order valence-corrected chi connectivity index (χ1v) is 9.90. The van der Waals surface area contributed by atoms with Crippen molar-refractivity contribution in [1.29, 1.82) is 0 Å². The van der Waals surface area contributed by atoms with Gasteiger partial charge in [0, 0.05) is 28.9 Å². The van der Waals surface area contributed by atoms with Gasteiger partial charge in [0.1, 0.15) is 12.4 Å². The Morgan fingerprint density at radius 1 is 1.16 bits per heavy atom. The van der Waals surface area contributed by atoms with Gasteiger partial charge in [-0.25, -0.2) is 0 Å². The van der Waals surface area contributed by atoms with Crippen molar-refractivity contribution in [3.8, 4) is 5.75 Å². The monoisotopic (exact) mass is 360 g/mol. The Hall–Kier alpha value is -1.85. The van der Waals surface area contributed by atoms with E-state index in [4.69, 9.17) is 4.74 Å². The van der Waals surface area contributed by atoms with Crippen LogP contribution in [0.2, 0.25) is 0 Å². The van der Waals surface area contributed by atoms with Crippen molar-refractivity contribution in [3.63, 3.8) is 0 Å². The molecule has 2 heterocycles. The number of carbonyl (C=O) groups excluding carboxylic acids is 1. The minimum absolute atomic E-state index is 0.0308. The fourth-order valence-corrected chi connectivity index (χ4v) is 3.70. The molecular weight excluding hydrogens is 332 g/mol. The summed E-state index contributed by atoms with van der Waals surface area (Å²) in [5, 5.41) is 4.77. The number of hydrogen-bond acceptors (Lipinski definition) is 4. The van der Waals surface area contributed by atoms with E-state index >= 15 is 0 Å². The molecule has 0 saturated heterocycles. The Labute approximate surface area is 154 Å². The highest BCUT2D eigenvalue weighted by Crippen LogP contribution is 2.27. The highest BCUT2D eigenvalue weighted by Gasteiger charge is 2.23. The molecule has 0 unspecified atom stereocenters. The standard InChI is InChI=1S/C18H22N2O2S.C2H6/c1-3-20(4-2)10-13-5-7-14(8-6-13)22-11-17-15-9-19-18(21)16(15)12-23-17;1-2/h5-8,12H,3-4,9-11H2,1-2H3,(H,19,21);1-2H3. The number of amides is 1. The first kappa shape index (κ1) is 19.5. The lowest BCUT2D eigenvalue weighted by atomic mass is 10.2. The molecule has 136 valence electrons. The van der Waals surface area contributed by atoms with Crippen LogP contribution in [0.4, 0.5) is 0 Å². The third-order valence-electron chi connectivity index (χ3n) is 4.24. The van der Waals surface area contributed by atoms with E-state index in [0.717, 1.165) is 41.4 Å². The van der Waals surface area contributed by atoms with Crippen molar-refractivity contribution in [2.45, 2.75) is 47.4 Å². The maximum atomic E-state index is 11.6. The number of fused-ring (bicyclic) bond motifs is 1. The number of carbonyl (C=O) groups is 1. The third-order valence-corrected chi connectivity index (χ3v) is 5.25. The second kappa shape index (κ2) is 9.59. The van der Waals surface area contributed by atoms with Crippen LogP contribution in [-0.2, 0) is 19.7 Å². The van der Waals surface area contributed by atoms with Crippen molar-refractivity contribution < 1.29 is 9.53 Å². The van der Waals surface area contributed by atoms with Crippen LogP contribution in [0, 0.1) is 0 Å². The van der Waals surface area contributed by atoms with Gasteiger partial charge in [-0.05, 0) is 30.8 Å². The van der Waals surface area contributed by atoms with Crippen molar-refractivity contribution in [1.82, 2.24) is 10.2 Å². The highest BCUT2D eigenvalue weighted by atomic mass is 32.1. The SMILES string of the molecule is CC.CCN(CC)Cc1ccc(OCc2scc3c2CNC3=O)cc1. The first-order chi connectivity index (χ1) is 12.2. The Bertz CT molecular complexity index is 676. The molecule has 1 amide bonds. The van der Waals surface area contributed by atoms with Gasteiger partial charge < -0.3 is 10.1 Å². The zero-order valence-electron chi connectivity index (χ0n) is 15.6. The molecule has 0 saturated carbocycles. The molecule has 1 aromatic heterocycles. The van der Waals surface area contributed by atoms with E-state index in [9.17, 15) is 4.79 Å². The van der Waals surface area contributed by atoms with E-state index in [1.165, 1.54) is 5.56 Å². The van der Waals surface area contributed by atoms with Crippen LogP contribution < -0.4 is 10.1 Å². The topological polar surface area (TPSA) is 41.6 Å². The summed E-state index contributed by atoms with van der Waals surface area (Å²) in [4.78, 5) is 15.1. The molecule has 4 nitrogen and oxygen atoms in total. The van der Waals surface area contributed by atoms with E-state index < -0.39 is 0 Å². The number of thiophene rings is 1. The molecule has 0 bridgehead atoms. The molecule has 2 aromatic rings. The van der Waals surface area contributed by atoms with Crippen LogP contribution in [0.25, 0.3) is 0 Å². The minimum atomic E-state index is 0.0308. The number of nitrogens with zero attached hydrogens (tertiary/aromatic N) is 1. The first-order valence-electron chi connectivity index (χ1n) is 9.02. The predicted molar refractivity (Wildman–Crippen MR) is 104 cm³/mol. The average molecular weight is 361 g/mol. The van der Waals surface area contributed by atoms with Crippen molar-refractivity contribution in [2.75, 3.05) is 13.1 Å². The van der Waals surface area contributed by atoms with Gasteiger partial charge in [-0.2, -0.15) is 0 Å². The largest absolute Gasteiger partial charge is 0.488 e. The van der Waals surface area contributed by atoms with Crippen LogP contribution in [0.15, 0.2) is 29.6 Å². The lowest BCUT2D eigenvalue weighted by Crippen LogP contribution is -2.21. The Morgan fingerprint density at radius 3 is 2.48 bits per heavy atom. The fraction of sp³-hybridized carbons (Fsp3) is 0.450. The van der Waals surface area contributed by atoms with E-state index in [1.807, 2.05) is 31.4 Å². The molecule has 1 N–H and O–H groups in total. The van der Waals surface area contributed by atoms with Gasteiger partial charge in [-0.1, -0.05) is 39.8 Å². The minimum Gasteiger partial charge on any atom is -0.488 e. The summed E-state index contributed by atoms with van der Waals surface area (Å²) < 4.78 is 5.88. The fourth-order valence-electron chi connectivity index (χ4n) is 2.74. The maximum absolute atomic E-state index is 11.6. The van der Waals surface area contributed by atoms with Crippen LogP contribution in [-0.4, -0.2) is 23.9 Å². The molecule has 0 fully saturated rings. The van der Waals surface area contributed by atoms with Crippen LogP contribution in [0.3, 0.4) is 0 Å². The Balaban J connectivity index is 0.00000109. The molecular formula is C20H28N2O2S. The molecule has 1 aliphatic heterocycles. The molecule has 1 aromatic carbocycles. The quantitative estimate of drug-likeness (QED) is 0.794. The molecule has 1 aliphatic rings. The number of nitrogens with one attached hydrogen (secondary N) is 1. The van der Waals surface area contributed by atoms with E-state index in [-0.39, 0.29) is 5.91 Å². The summed E-state index contributed by atoms with van der Waals surface area (Å²) in [5.74, 6) is 0.899. The number of hydrogen-bond donors (Lipinski definition) is 1. The number of rotatable bonds is 7. The van der Waals surface area contributed by atoms with Gasteiger partial charge in [-0.15, -0.1) is 11.3 Å². The lowest BCUT2D eigenvalue weighted by molar-refractivity contribution is 0.0966. The maximum Gasteiger partial charge on any atom is 0.252 e. The van der Waals surface area contributed by atoms with E-state index in [2.05, 4.69) is 36.2 Å². The summed E-state index contributed by atoms with van der Waals surface area (Å²) in [6.07, 6.45) is 0. The lowest BCUT2D eigenvalue weighted by Gasteiger charge is -2.18. The second-order valence-electron chi connectivity index (χ2n) is 5.63. The van der Waals surface area contributed by atoms with Gasteiger partial charge >= 0.3 is 0 Å². The van der Waals surface area contributed by atoms with Crippen molar-refractivity contribution in [3.05, 3.63) is 51.2 Å². The van der Waals surface area contributed by atoms with Crippen molar-refractivity contribution in [2.24, 2.45) is 0 Å². The van der Waals surface area contributed by atoms with E-state index in [0.29, 0.717) is 13.2 Å². The number of ether oxygens (including phenoxy) is 1. The second-order valence-corrected chi connectivity index (χ2v) is 6.59. The molecule has 0 aliphatic carbocycles. The normalized spacial score (nSPS) is 12.4. The van der Waals surface area contributed by atoms with Crippen LogP contribution in [0.1, 0.15) is 54.1 Å². The molecule has 0 atom stereocenters. The summed E-state index contributed by atoms with van der Waals surface area (Å²) in [7, 11) is 0. The average Bonchev–Trinajstić information content (AvgIpc) is 3.24. The van der Waals surface area contributed by atoms with Crippen LogP contribution in [0.5, 0.6) is 5.75 Å². The van der Waals surface area contributed by atoms with Crippen molar-refractivity contribution >= 4 is 17.2 Å². The zero-order valence-corrected chi connectivity index (χ0v) is 16.4. The summed E-state index contributed by atoms with van der Waals surface area (Å²) in [6.45, 7) is 12.6. The molecule has 3 rings (SSSR count). The molecule has 0 spiro atoms. The summed E-state index contributed by atoms with van der Waals surface area (Å²) >= 11 is 1.60. The molecule has 25 heavy (non-hydrogen) atoms. The van der Waals surface area contributed by atoms with E-state index in [1.54, 1.807) is 11.3 Å². The summed E-state index contributed by atoms with van der Waals surface area (Å²) in [5.41, 5.74) is 3.20. The Kier molecular flexibility index (Phi) is 7.47. The molecule has 0 radical (unpaired) electrons. The smallest absolute Gasteiger partial charge is 0.252 e. The highest BCUT2D eigenvalue weighted by molar-refractivity contribution is 7.10. The van der Waals surface area contributed by atoms with Gasteiger partial charge in [0.25, 0.3) is 5.91 Å². The predicted octanol–water partition coefficient (Wildman–Crippen LogP) is 4.44. The number of benzene rings is 1. The zero-order chi connectivity index (χ0) is 18.2. The Morgan fingerprint density at radius 2 is 1.84 bits per heavy atom. The van der Waals surface area contributed by atoms with Gasteiger partial charge in [0.15, 0.2) is 0 Å². The molecule has 5 heteroatoms. The van der Waals surface area contributed by atoms with Crippen LogP contribution >= 0.6 is 11.3 Å². The third kappa shape index (κ3) is 4.83. The van der Waals surface area contributed by atoms with Gasteiger partial charge in [0.05, 0.1) is 5.56 Å².